The molecule has 7 nitrogen and oxygen atoms in total. The van der Waals surface area contributed by atoms with Crippen LogP contribution in [0.3, 0.4) is 0 Å². The molecule has 1 atom stereocenters. The SMILES string of the molecule is NC(=O)C(O)CNC(=O)CC(=O)O. The number of carboxylic acid groups (broad SMARTS) is 1. The van der Waals surface area contributed by atoms with Crippen molar-refractivity contribution in [1.82, 2.24) is 5.32 Å². The maximum absolute atomic E-state index is 10.6. The molecule has 0 rings (SSSR count). The summed E-state index contributed by atoms with van der Waals surface area (Å²) in [6, 6.07) is 0. The second kappa shape index (κ2) is 5.09. The summed E-state index contributed by atoms with van der Waals surface area (Å²) in [7, 11) is 0. The van der Waals surface area contributed by atoms with Gasteiger partial charge in [-0.15, -0.1) is 0 Å². The average Bonchev–Trinajstić information content (AvgIpc) is 1.98. The van der Waals surface area contributed by atoms with Crippen LogP contribution in [0.2, 0.25) is 0 Å². The number of aliphatic hydroxyl groups is 1. The first kappa shape index (κ1) is 11.4. The van der Waals surface area contributed by atoms with Crippen LogP contribution < -0.4 is 11.1 Å². The fraction of sp³-hybridized carbons (Fsp3) is 0.500. The number of hydrogen-bond donors (Lipinski definition) is 4. The third kappa shape index (κ3) is 5.62. The maximum Gasteiger partial charge on any atom is 0.312 e. The van der Waals surface area contributed by atoms with Crippen LogP contribution in [0.1, 0.15) is 6.42 Å². The topological polar surface area (TPSA) is 130 Å². The highest BCUT2D eigenvalue weighted by atomic mass is 16.4. The molecule has 0 radical (unpaired) electrons. The first-order chi connectivity index (χ1) is 5.93. The number of aliphatic hydroxyl groups excluding tert-OH is 1. The van der Waals surface area contributed by atoms with Crippen LogP contribution >= 0.6 is 0 Å². The van der Waals surface area contributed by atoms with E-state index in [-0.39, 0.29) is 6.54 Å². The summed E-state index contributed by atoms with van der Waals surface area (Å²) in [4.78, 5) is 30.8. The molecule has 2 amide bonds. The van der Waals surface area contributed by atoms with Gasteiger partial charge in [-0.1, -0.05) is 0 Å². The molecule has 0 saturated heterocycles. The van der Waals surface area contributed by atoms with Crippen molar-refractivity contribution in [2.45, 2.75) is 12.5 Å². The fourth-order valence-corrected chi connectivity index (χ4v) is 0.511. The van der Waals surface area contributed by atoms with Crippen molar-refractivity contribution in [3.8, 4) is 0 Å². The lowest BCUT2D eigenvalue weighted by Crippen LogP contribution is -2.40. The monoisotopic (exact) mass is 190 g/mol. The van der Waals surface area contributed by atoms with E-state index >= 15 is 0 Å². The van der Waals surface area contributed by atoms with Crippen LogP contribution in [0, 0.1) is 0 Å². The molecule has 5 N–H and O–H groups in total. The highest BCUT2D eigenvalue weighted by molar-refractivity contribution is 5.93. The largest absolute Gasteiger partial charge is 0.481 e. The van der Waals surface area contributed by atoms with E-state index in [0.29, 0.717) is 0 Å². The maximum atomic E-state index is 10.6. The van der Waals surface area contributed by atoms with Crippen molar-refractivity contribution in [3.63, 3.8) is 0 Å². The van der Waals surface area contributed by atoms with Gasteiger partial charge >= 0.3 is 5.97 Å². The fourth-order valence-electron chi connectivity index (χ4n) is 0.511. The molecule has 0 heterocycles. The number of hydrogen-bond acceptors (Lipinski definition) is 4. The van der Waals surface area contributed by atoms with Crippen LogP contribution in [0.15, 0.2) is 0 Å². The Bertz CT molecular complexity index is 227. The molecular formula is C6H10N2O5. The molecule has 0 fully saturated rings. The zero-order chi connectivity index (χ0) is 10.4. The van der Waals surface area contributed by atoms with Crippen molar-refractivity contribution in [3.05, 3.63) is 0 Å². The lowest BCUT2D eigenvalue weighted by Gasteiger charge is -2.06. The van der Waals surface area contributed by atoms with E-state index < -0.39 is 30.3 Å². The zero-order valence-corrected chi connectivity index (χ0v) is 6.69. The summed E-state index contributed by atoms with van der Waals surface area (Å²) in [5.74, 6) is -3.05. The first-order valence-electron chi connectivity index (χ1n) is 3.39. The Morgan fingerprint density at radius 1 is 1.38 bits per heavy atom. The van der Waals surface area contributed by atoms with Crippen LogP contribution in [-0.4, -0.2) is 40.6 Å². The highest BCUT2D eigenvalue weighted by Crippen LogP contribution is 1.81. The summed E-state index contributed by atoms with van der Waals surface area (Å²) < 4.78 is 0. The molecule has 0 saturated carbocycles. The summed E-state index contributed by atoms with van der Waals surface area (Å²) in [6.45, 7) is -0.374. The second-order valence-electron chi connectivity index (χ2n) is 2.29. The number of amides is 2. The minimum atomic E-state index is -1.49. The van der Waals surface area contributed by atoms with Gasteiger partial charge in [-0.2, -0.15) is 0 Å². The van der Waals surface area contributed by atoms with Gasteiger partial charge in [-0.25, -0.2) is 0 Å². The van der Waals surface area contributed by atoms with Gasteiger partial charge in [-0.3, -0.25) is 14.4 Å². The van der Waals surface area contributed by atoms with Crippen molar-refractivity contribution < 1.29 is 24.6 Å². The Labute approximate surface area is 73.5 Å². The molecule has 0 aromatic heterocycles. The van der Waals surface area contributed by atoms with E-state index in [2.05, 4.69) is 5.73 Å². The number of nitrogens with two attached hydrogens (primary N) is 1. The van der Waals surface area contributed by atoms with Gasteiger partial charge < -0.3 is 21.3 Å². The molecule has 13 heavy (non-hydrogen) atoms. The normalized spacial score (nSPS) is 11.8. The zero-order valence-electron chi connectivity index (χ0n) is 6.69. The number of carbonyl (C=O) groups excluding carboxylic acids is 2. The van der Waals surface area contributed by atoms with E-state index in [0.717, 1.165) is 0 Å². The molecule has 1 unspecified atom stereocenters. The molecular weight excluding hydrogens is 180 g/mol. The Kier molecular flexibility index (Phi) is 4.45. The third-order valence-corrected chi connectivity index (χ3v) is 1.13. The van der Waals surface area contributed by atoms with Gasteiger partial charge in [0.15, 0.2) is 0 Å². The number of nitrogens with one attached hydrogen (secondary N) is 1. The average molecular weight is 190 g/mol. The van der Waals surface area contributed by atoms with E-state index in [1.165, 1.54) is 0 Å². The summed E-state index contributed by atoms with van der Waals surface area (Å²) in [5.41, 5.74) is 4.67. The molecule has 7 heteroatoms. The van der Waals surface area contributed by atoms with Gasteiger partial charge in [0.25, 0.3) is 0 Å². The second-order valence-corrected chi connectivity index (χ2v) is 2.29. The molecule has 0 aromatic carbocycles. The molecule has 0 bridgehead atoms. The van der Waals surface area contributed by atoms with Gasteiger partial charge in [-0.05, 0) is 0 Å². The predicted molar refractivity (Wildman–Crippen MR) is 40.5 cm³/mol. The summed E-state index contributed by atoms with van der Waals surface area (Å²) in [5, 5.41) is 18.9. The molecule has 0 aliphatic heterocycles. The van der Waals surface area contributed by atoms with E-state index in [9.17, 15) is 14.4 Å². The van der Waals surface area contributed by atoms with Gasteiger partial charge in [0.1, 0.15) is 12.5 Å². The van der Waals surface area contributed by atoms with Crippen molar-refractivity contribution >= 4 is 17.8 Å². The lowest BCUT2D eigenvalue weighted by molar-refractivity contribution is -0.140. The quantitative estimate of drug-likeness (QED) is 0.354. The Morgan fingerprint density at radius 2 is 1.92 bits per heavy atom. The molecule has 74 valence electrons. The molecule has 0 spiro atoms. The minimum absolute atomic E-state index is 0.374. The van der Waals surface area contributed by atoms with E-state index in [1.54, 1.807) is 0 Å². The molecule has 0 aromatic rings. The van der Waals surface area contributed by atoms with Crippen LogP contribution in [0.4, 0.5) is 0 Å². The smallest absolute Gasteiger partial charge is 0.312 e. The number of carbonyl (C=O) groups is 3. The minimum Gasteiger partial charge on any atom is -0.481 e. The van der Waals surface area contributed by atoms with Crippen LogP contribution in [-0.2, 0) is 14.4 Å². The lowest BCUT2D eigenvalue weighted by atomic mass is 10.3. The standard InChI is InChI=1S/C6H10N2O5/c7-6(13)3(9)2-8-4(10)1-5(11)12/h3,9H,1-2H2,(H2,7,13)(H,8,10)(H,11,12). The number of primary amides is 1. The number of rotatable bonds is 5. The van der Waals surface area contributed by atoms with E-state index in [1.807, 2.05) is 5.32 Å². The summed E-state index contributed by atoms with van der Waals surface area (Å²) >= 11 is 0. The van der Waals surface area contributed by atoms with Crippen molar-refractivity contribution in [2.24, 2.45) is 5.73 Å². The van der Waals surface area contributed by atoms with Gasteiger partial charge in [0, 0.05) is 0 Å². The van der Waals surface area contributed by atoms with E-state index in [4.69, 9.17) is 10.2 Å². The van der Waals surface area contributed by atoms with Gasteiger partial charge in [0.2, 0.25) is 11.8 Å². The predicted octanol–water partition coefficient (Wildman–Crippen LogP) is -2.58. The van der Waals surface area contributed by atoms with Crippen molar-refractivity contribution in [1.29, 1.82) is 0 Å². The highest BCUT2D eigenvalue weighted by Gasteiger charge is 2.13. The van der Waals surface area contributed by atoms with Crippen molar-refractivity contribution in [2.75, 3.05) is 6.54 Å². The Balaban J connectivity index is 3.70. The Morgan fingerprint density at radius 3 is 2.31 bits per heavy atom. The van der Waals surface area contributed by atoms with Crippen LogP contribution in [0.5, 0.6) is 0 Å². The summed E-state index contributed by atoms with van der Waals surface area (Å²) in [6.07, 6.45) is -2.19. The number of carboxylic acids is 1. The third-order valence-electron chi connectivity index (χ3n) is 1.13. The Hall–Kier alpha value is -1.63. The number of aliphatic carboxylic acids is 1. The first-order valence-corrected chi connectivity index (χ1v) is 3.39. The van der Waals surface area contributed by atoms with Crippen LogP contribution in [0.25, 0.3) is 0 Å². The molecule has 0 aliphatic carbocycles. The van der Waals surface area contributed by atoms with Gasteiger partial charge in [0.05, 0.1) is 6.54 Å². The molecule has 0 aliphatic rings.